The minimum Gasteiger partial charge on any atom is -0.490 e. The van der Waals surface area contributed by atoms with E-state index in [2.05, 4.69) is 29.0 Å². The standard InChI is InChI=1S/C29H34N4O4S2/c1-4-15-33-26(19-10-12-21(13-11-19)37-20-7-5-6-8-20)31-32-29(33)38-17-24(34)30-27-25(28(35)36-3)22-14-9-18(2)16-23(22)39-27/h4,10-13,18,20H,1,5-9,14-17H2,2-3H3,(H,30,34). The number of anilines is 1. The summed E-state index contributed by atoms with van der Waals surface area (Å²) in [6.45, 7) is 6.60. The van der Waals surface area contributed by atoms with Crippen LogP contribution in [0.15, 0.2) is 42.1 Å². The Hall–Kier alpha value is -3.11. The van der Waals surface area contributed by atoms with Crippen molar-refractivity contribution in [2.45, 2.75) is 69.7 Å². The average molecular weight is 567 g/mol. The summed E-state index contributed by atoms with van der Waals surface area (Å²) in [6, 6.07) is 7.92. The second-order valence-electron chi connectivity index (χ2n) is 10.1. The molecule has 0 aliphatic heterocycles. The number of hydrogen-bond acceptors (Lipinski definition) is 8. The number of aromatic nitrogens is 3. The van der Waals surface area contributed by atoms with E-state index in [9.17, 15) is 9.59 Å². The lowest BCUT2D eigenvalue weighted by Gasteiger charge is -2.18. The zero-order valence-electron chi connectivity index (χ0n) is 22.4. The zero-order valence-corrected chi connectivity index (χ0v) is 24.0. The number of carbonyl (C=O) groups is 2. The van der Waals surface area contributed by atoms with Gasteiger partial charge in [0.2, 0.25) is 5.91 Å². The minimum absolute atomic E-state index is 0.128. The minimum atomic E-state index is -0.403. The summed E-state index contributed by atoms with van der Waals surface area (Å²) in [7, 11) is 1.37. The van der Waals surface area contributed by atoms with E-state index in [4.69, 9.17) is 9.47 Å². The number of thioether (sulfide) groups is 1. The summed E-state index contributed by atoms with van der Waals surface area (Å²) < 4.78 is 13.1. The molecule has 2 aliphatic rings. The fourth-order valence-electron chi connectivity index (χ4n) is 5.23. The highest BCUT2D eigenvalue weighted by Crippen LogP contribution is 2.40. The molecule has 5 rings (SSSR count). The van der Waals surface area contributed by atoms with Crippen LogP contribution in [0, 0.1) is 5.92 Å². The Morgan fingerprint density at radius 3 is 2.69 bits per heavy atom. The van der Waals surface area contributed by atoms with E-state index in [1.54, 1.807) is 6.08 Å². The lowest BCUT2D eigenvalue weighted by molar-refractivity contribution is -0.113. The number of methoxy groups -OCH3 is 1. The Kier molecular flexibility index (Phi) is 8.72. The van der Waals surface area contributed by atoms with Crippen LogP contribution in [0.3, 0.4) is 0 Å². The first-order valence-electron chi connectivity index (χ1n) is 13.4. The molecule has 0 saturated heterocycles. The molecule has 39 heavy (non-hydrogen) atoms. The molecule has 1 amide bonds. The van der Waals surface area contributed by atoms with Crippen molar-refractivity contribution in [3.63, 3.8) is 0 Å². The summed E-state index contributed by atoms with van der Waals surface area (Å²) in [5.41, 5.74) is 2.43. The third kappa shape index (κ3) is 6.22. The summed E-state index contributed by atoms with van der Waals surface area (Å²) in [6.07, 6.45) is 9.53. The molecule has 206 valence electrons. The molecule has 2 aliphatic carbocycles. The van der Waals surface area contributed by atoms with E-state index >= 15 is 0 Å². The number of carbonyl (C=O) groups excluding carboxylic acids is 2. The van der Waals surface area contributed by atoms with Gasteiger partial charge in [-0.05, 0) is 80.7 Å². The number of fused-ring (bicyclic) bond motifs is 1. The van der Waals surface area contributed by atoms with Crippen LogP contribution in [0.1, 0.15) is 59.8 Å². The van der Waals surface area contributed by atoms with Crippen molar-refractivity contribution in [3.8, 4) is 17.1 Å². The normalized spacial score (nSPS) is 17.0. The van der Waals surface area contributed by atoms with Gasteiger partial charge in [-0.3, -0.25) is 9.36 Å². The van der Waals surface area contributed by atoms with Crippen LogP contribution in [0.2, 0.25) is 0 Å². The van der Waals surface area contributed by atoms with Gasteiger partial charge in [-0.2, -0.15) is 0 Å². The van der Waals surface area contributed by atoms with Gasteiger partial charge in [-0.1, -0.05) is 24.8 Å². The number of hydrogen-bond donors (Lipinski definition) is 1. The largest absolute Gasteiger partial charge is 0.490 e. The molecule has 0 spiro atoms. The Labute approximate surface area is 237 Å². The highest BCUT2D eigenvalue weighted by molar-refractivity contribution is 7.99. The molecule has 2 aromatic heterocycles. The summed E-state index contributed by atoms with van der Waals surface area (Å²) >= 11 is 2.79. The van der Waals surface area contributed by atoms with Gasteiger partial charge in [-0.15, -0.1) is 28.1 Å². The highest BCUT2D eigenvalue weighted by atomic mass is 32.2. The number of thiophene rings is 1. The van der Waals surface area contributed by atoms with E-state index in [0.29, 0.717) is 40.1 Å². The maximum Gasteiger partial charge on any atom is 0.341 e. The second-order valence-corrected chi connectivity index (χ2v) is 12.2. The van der Waals surface area contributed by atoms with Crippen LogP contribution in [0.25, 0.3) is 11.4 Å². The van der Waals surface area contributed by atoms with Crippen molar-refractivity contribution < 1.29 is 19.1 Å². The predicted octanol–water partition coefficient (Wildman–Crippen LogP) is 6.16. The maximum absolute atomic E-state index is 13.0. The Bertz CT molecular complexity index is 1340. The molecule has 1 saturated carbocycles. The number of ether oxygens (including phenoxy) is 2. The van der Waals surface area contributed by atoms with E-state index < -0.39 is 5.97 Å². The number of rotatable bonds is 10. The molecule has 2 heterocycles. The van der Waals surface area contributed by atoms with Crippen molar-refractivity contribution in [1.29, 1.82) is 0 Å². The molecule has 1 unspecified atom stereocenters. The van der Waals surface area contributed by atoms with E-state index in [0.717, 1.165) is 53.9 Å². The quantitative estimate of drug-likeness (QED) is 0.178. The third-order valence-electron chi connectivity index (χ3n) is 7.23. The van der Waals surface area contributed by atoms with Crippen molar-refractivity contribution >= 4 is 40.0 Å². The van der Waals surface area contributed by atoms with Crippen LogP contribution in [-0.2, 0) is 28.9 Å². The monoisotopic (exact) mass is 566 g/mol. The first kappa shape index (κ1) is 27.5. The molecule has 1 atom stereocenters. The van der Waals surface area contributed by atoms with Crippen LogP contribution >= 0.6 is 23.1 Å². The second kappa shape index (κ2) is 12.4. The van der Waals surface area contributed by atoms with Crippen LogP contribution in [0.5, 0.6) is 5.75 Å². The highest BCUT2D eigenvalue weighted by Gasteiger charge is 2.29. The molecule has 1 fully saturated rings. The van der Waals surface area contributed by atoms with Gasteiger partial charge in [0.15, 0.2) is 11.0 Å². The van der Waals surface area contributed by atoms with E-state index in [1.165, 1.54) is 43.1 Å². The summed E-state index contributed by atoms with van der Waals surface area (Å²) in [5.74, 6) is 1.64. The molecular formula is C29H34N4O4S2. The van der Waals surface area contributed by atoms with Gasteiger partial charge in [0.1, 0.15) is 10.8 Å². The van der Waals surface area contributed by atoms with Crippen molar-refractivity contribution in [2.24, 2.45) is 5.92 Å². The number of allylic oxidation sites excluding steroid dienone is 1. The summed E-state index contributed by atoms with van der Waals surface area (Å²) in [4.78, 5) is 26.7. The van der Waals surface area contributed by atoms with Gasteiger partial charge in [0, 0.05) is 17.0 Å². The molecule has 8 nitrogen and oxygen atoms in total. The van der Waals surface area contributed by atoms with Crippen LogP contribution in [-0.4, -0.2) is 45.6 Å². The summed E-state index contributed by atoms with van der Waals surface area (Å²) in [5, 5.41) is 12.9. The Morgan fingerprint density at radius 2 is 1.97 bits per heavy atom. The topological polar surface area (TPSA) is 95.3 Å². The Morgan fingerprint density at radius 1 is 1.21 bits per heavy atom. The molecule has 1 N–H and O–H groups in total. The SMILES string of the molecule is C=CCn1c(SCC(=O)Nc2sc3c(c2C(=O)OC)CCC(C)C3)nnc1-c1ccc(OC2CCCC2)cc1. The predicted molar refractivity (Wildman–Crippen MR) is 155 cm³/mol. The molecule has 0 bridgehead atoms. The zero-order chi connectivity index (χ0) is 27.4. The van der Waals surface area contributed by atoms with Gasteiger partial charge in [-0.25, -0.2) is 4.79 Å². The van der Waals surface area contributed by atoms with E-state index in [1.807, 2.05) is 28.8 Å². The van der Waals surface area contributed by atoms with E-state index in [-0.39, 0.29) is 11.7 Å². The van der Waals surface area contributed by atoms with Gasteiger partial charge >= 0.3 is 5.97 Å². The van der Waals surface area contributed by atoms with Crippen LogP contribution < -0.4 is 10.1 Å². The number of benzene rings is 1. The van der Waals surface area contributed by atoms with Gasteiger partial charge in [0.25, 0.3) is 0 Å². The van der Waals surface area contributed by atoms with Crippen molar-refractivity contribution in [1.82, 2.24) is 14.8 Å². The first-order valence-corrected chi connectivity index (χ1v) is 15.2. The molecule has 3 aromatic rings. The smallest absolute Gasteiger partial charge is 0.341 e. The fraction of sp³-hybridized carbons (Fsp3) is 0.448. The number of nitrogens with zero attached hydrogens (tertiary/aromatic N) is 3. The van der Waals surface area contributed by atoms with Crippen LogP contribution in [0.4, 0.5) is 5.00 Å². The Balaban J connectivity index is 1.27. The number of amides is 1. The van der Waals surface area contributed by atoms with Crippen molar-refractivity contribution in [3.05, 3.63) is 52.9 Å². The average Bonchev–Trinajstić information content (AvgIpc) is 3.67. The maximum atomic E-state index is 13.0. The third-order valence-corrected chi connectivity index (χ3v) is 9.37. The molecule has 10 heteroatoms. The fourth-order valence-corrected chi connectivity index (χ4v) is 7.40. The number of esters is 1. The molecular weight excluding hydrogens is 532 g/mol. The number of nitrogens with one attached hydrogen (secondary N) is 1. The molecule has 1 aromatic carbocycles. The van der Waals surface area contributed by atoms with Gasteiger partial charge < -0.3 is 14.8 Å². The lowest BCUT2D eigenvalue weighted by atomic mass is 9.88. The first-order chi connectivity index (χ1) is 19.0. The van der Waals surface area contributed by atoms with Crippen molar-refractivity contribution in [2.75, 3.05) is 18.2 Å². The molecule has 0 radical (unpaired) electrons. The van der Waals surface area contributed by atoms with Gasteiger partial charge in [0.05, 0.1) is 24.5 Å². The lowest BCUT2D eigenvalue weighted by Crippen LogP contribution is -2.17.